The second kappa shape index (κ2) is 9.83. The molecule has 166 valence electrons. The molecule has 0 heterocycles. The van der Waals surface area contributed by atoms with E-state index in [1.165, 1.54) is 12.6 Å². The van der Waals surface area contributed by atoms with Gasteiger partial charge in [0.05, 0.1) is 5.71 Å². The molecule has 1 aliphatic rings. The highest BCUT2D eigenvalue weighted by atomic mass is 16.6. The lowest BCUT2D eigenvalue weighted by atomic mass is 9.98. The van der Waals surface area contributed by atoms with E-state index < -0.39 is 0 Å². The van der Waals surface area contributed by atoms with E-state index in [0.717, 1.165) is 51.7 Å². The molecule has 0 aromatic heterocycles. The SMILES string of the molecule is CON=C(c1ccc(OCc2c(NC(=O)N(C)N)cccc2C2CC2)c(C)c1)C(C)C. The Morgan fingerprint density at radius 2 is 2.03 bits per heavy atom. The number of aryl methyl sites for hydroxylation is 1. The van der Waals surface area contributed by atoms with Crippen molar-refractivity contribution in [1.29, 1.82) is 0 Å². The lowest BCUT2D eigenvalue weighted by Crippen LogP contribution is -2.37. The van der Waals surface area contributed by atoms with Gasteiger partial charge in [-0.05, 0) is 67.0 Å². The first-order chi connectivity index (χ1) is 14.8. The molecule has 0 radical (unpaired) electrons. The van der Waals surface area contributed by atoms with Crippen molar-refractivity contribution in [3.63, 3.8) is 0 Å². The molecule has 31 heavy (non-hydrogen) atoms. The van der Waals surface area contributed by atoms with E-state index in [2.05, 4.69) is 36.5 Å². The molecule has 0 unspecified atom stereocenters. The average molecular weight is 425 g/mol. The van der Waals surface area contributed by atoms with Crippen molar-refractivity contribution in [3.8, 4) is 5.75 Å². The Hall–Kier alpha value is -3.06. The zero-order chi connectivity index (χ0) is 22.5. The maximum atomic E-state index is 12.1. The van der Waals surface area contributed by atoms with Gasteiger partial charge in [0.2, 0.25) is 0 Å². The summed E-state index contributed by atoms with van der Waals surface area (Å²) >= 11 is 0. The number of nitrogens with zero attached hydrogens (tertiary/aromatic N) is 2. The highest BCUT2D eigenvalue weighted by molar-refractivity contribution is 6.01. The standard InChI is InChI=1S/C24H32N4O3/c1-15(2)23(27-30-5)18-11-12-22(16(3)13-18)31-14-20-19(17-9-10-17)7-6-8-21(20)26-24(29)28(4)25/h6-8,11-13,15,17H,9-10,14,25H2,1-5H3,(H,26,29). The molecule has 2 amide bonds. The molecule has 0 atom stereocenters. The molecule has 7 nitrogen and oxygen atoms in total. The molecule has 7 heteroatoms. The average Bonchev–Trinajstić information content (AvgIpc) is 3.56. The van der Waals surface area contributed by atoms with Crippen LogP contribution in [-0.4, -0.2) is 30.9 Å². The summed E-state index contributed by atoms with van der Waals surface area (Å²) in [4.78, 5) is 17.1. The fourth-order valence-electron chi connectivity index (χ4n) is 3.57. The molecule has 2 aromatic rings. The van der Waals surface area contributed by atoms with Crippen LogP contribution in [0.1, 0.15) is 54.9 Å². The van der Waals surface area contributed by atoms with Crippen LogP contribution >= 0.6 is 0 Å². The molecule has 3 rings (SSSR count). The first kappa shape index (κ1) is 22.6. The fourth-order valence-corrected chi connectivity index (χ4v) is 3.57. The molecule has 2 aromatic carbocycles. The van der Waals surface area contributed by atoms with E-state index in [1.807, 2.05) is 31.2 Å². The van der Waals surface area contributed by atoms with Crippen molar-refractivity contribution in [2.24, 2.45) is 16.9 Å². The van der Waals surface area contributed by atoms with Gasteiger partial charge in [-0.3, -0.25) is 5.01 Å². The van der Waals surface area contributed by atoms with Crippen LogP contribution in [0.15, 0.2) is 41.6 Å². The minimum absolute atomic E-state index is 0.239. The quantitative estimate of drug-likeness (QED) is 0.276. The van der Waals surface area contributed by atoms with Gasteiger partial charge >= 0.3 is 6.03 Å². The number of urea groups is 1. The molecule has 0 bridgehead atoms. The van der Waals surface area contributed by atoms with Gasteiger partial charge in [0.1, 0.15) is 19.5 Å². The fraction of sp³-hybridized carbons (Fsp3) is 0.417. The van der Waals surface area contributed by atoms with E-state index in [-0.39, 0.29) is 11.9 Å². The smallest absolute Gasteiger partial charge is 0.335 e. The summed E-state index contributed by atoms with van der Waals surface area (Å²) in [5.74, 6) is 7.14. The Balaban J connectivity index is 1.84. The lowest BCUT2D eigenvalue weighted by molar-refractivity contribution is 0.212. The first-order valence-electron chi connectivity index (χ1n) is 10.6. The summed E-state index contributed by atoms with van der Waals surface area (Å²) < 4.78 is 6.21. The number of oxime groups is 1. The molecular formula is C24H32N4O3. The van der Waals surface area contributed by atoms with Crippen LogP contribution in [-0.2, 0) is 11.4 Å². The number of carbonyl (C=O) groups excluding carboxylic acids is 1. The third-order valence-electron chi connectivity index (χ3n) is 5.37. The summed E-state index contributed by atoms with van der Waals surface area (Å²) in [7, 11) is 3.07. The second-order valence-corrected chi connectivity index (χ2v) is 8.27. The number of hydrogen-bond acceptors (Lipinski definition) is 5. The highest BCUT2D eigenvalue weighted by Gasteiger charge is 2.27. The Labute approximate surface area is 184 Å². The molecule has 3 N–H and O–H groups in total. The minimum Gasteiger partial charge on any atom is -0.489 e. The predicted molar refractivity (Wildman–Crippen MR) is 123 cm³/mol. The summed E-state index contributed by atoms with van der Waals surface area (Å²) in [6, 6.07) is 11.6. The number of nitrogens with one attached hydrogen (secondary N) is 1. The molecular weight excluding hydrogens is 392 g/mol. The number of hydrogen-bond donors (Lipinski definition) is 2. The van der Waals surface area contributed by atoms with Crippen LogP contribution < -0.4 is 15.9 Å². The van der Waals surface area contributed by atoms with Crippen molar-refractivity contribution in [2.45, 2.75) is 46.1 Å². The van der Waals surface area contributed by atoms with Gasteiger partial charge in [0.15, 0.2) is 0 Å². The molecule has 0 aliphatic heterocycles. The summed E-state index contributed by atoms with van der Waals surface area (Å²) in [6.45, 7) is 6.55. The summed E-state index contributed by atoms with van der Waals surface area (Å²) in [5.41, 5.74) is 5.87. The zero-order valence-corrected chi connectivity index (χ0v) is 18.9. The van der Waals surface area contributed by atoms with Gasteiger partial charge in [-0.1, -0.05) is 31.1 Å². The normalized spacial score (nSPS) is 13.8. The topological polar surface area (TPSA) is 89.2 Å². The predicted octanol–water partition coefficient (Wildman–Crippen LogP) is 4.80. The van der Waals surface area contributed by atoms with Crippen molar-refractivity contribution >= 4 is 17.4 Å². The maximum Gasteiger partial charge on any atom is 0.335 e. The first-order valence-corrected chi connectivity index (χ1v) is 10.6. The van der Waals surface area contributed by atoms with E-state index in [0.29, 0.717) is 12.5 Å². The van der Waals surface area contributed by atoms with Crippen LogP contribution in [0.4, 0.5) is 10.5 Å². The Bertz CT molecular complexity index is 965. The van der Waals surface area contributed by atoms with Crippen LogP contribution in [0.3, 0.4) is 0 Å². The van der Waals surface area contributed by atoms with Crippen LogP contribution in [0.25, 0.3) is 0 Å². The van der Waals surface area contributed by atoms with E-state index in [4.69, 9.17) is 15.4 Å². The minimum atomic E-state index is -0.367. The van der Waals surface area contributed by atoms with Crippen molar-refractivity contribution < 1.29 is 14.4 Å². The van der Waals surface area contributed by atoms with Crippen LogP contribution in [0, 0.1) is 12.8 Å². The summed E-state index contributed by atoms with van der Waals surface area (Å²) in [5, 5.41) is 8.09. The highest BCUT2D eigenvalue weighted by Crippen LogP contribution is 2.43. The molecule has 1 saturated carbocycles. The third-order valence-corrected chi connectivity index (χ3v) is 5.37. The number of anilines is 1. The van der Waals surface area contributed by atoms with Gasteiger partial charge in [-0.25, -0.2) is 10.6 Å². The largest absolute Gasteiger partial charge is 0.489 e. The monoisotopic (exact) mass is 424 g/mol. The van der Waals surface area contributed by atoms with Crippen molar-refractivity contribution in [3.05, 3.63) is 58.7 Å². The van der Waals surface area contributed by atoms with Gasteiger partial charge in [0, 0.05) is 23.9 Å². The number of rotatable bonds is 8. The number of ether oxygens (including phenoxy) is 1. The third kappa shape index (κ3) is 5.55. The van der Waals surface area contributed by atoms with Crippen molar-refractivity contribution in [2.75, 3.05) is 19.5 Å². The zero-order valence-electron chi connectivity index (χ0n) is 18.9. The van der Waals surface area contributed by atoms with Crippen LogP contribution in [0.5, 0.6) is 5.75 Å². The molecule has 0 spiro atoms. The number of nitrogens with two attached hydrogens (primary N) is 1. The van der Waals surface area contributed by atoms with Crippen LogP contribution in [0.2, 0.25) is 0 Å². The van der Waals surface area contributed by atoms with E-state index >= 15 is 0 Å². The number of hydrazine groups is 1. The Morgan fingerprint density at radius 3 is 2.61 bits per heavy atom. The van der Waals surface area contributed by atoms with Gasteiger partial charge in [-0.2, -0.15) is 0 Å². The van der Waals surface area contributed by atoms with Gasteiger partial charge in [0.25, 0.3) is 0 Å². The number of benzene rings is 2. The Morgan fingerprint density at radius 1 is 1.29 bits per heavy atom. The van der Waals surface area contributed by atoms with E-state index in [1.54, 1.807) is 7.11 Å². The molecule has 1 fully saturated rings. The summed E-state index contributed by atoms with van der Waals surface area (Å²) in [6.07, 6.45) is 2.32. The van der Waals surface area contributed by atoms with Gasteiger partial charge < -0.3 is 14.9 Å². The number of amides is 2. The molecule has 1 aliphatic carbocycles. The van der Waals surface area contributed by atoms with Crippen molar-refractivity contribution in [1.82, 2.24) is 5.01 Å². The Kier molecular flexibility index (Phi) is 7.17. The lowest BCUT2D eigenvalue weighted by Gasteiger charge is -2.19. The second-order valence-electron chi connectivity index (χ2n) is 8.27. The number of carbonyl (C=O) groups is 1. The molecule has 0 saturated heterocycles. The van der Waals surface area contributed by atoms with E-state index in [9.17, 15) is 4.79 Å². The maximum absolute atomic E-state index is 12.1. The van der Waals surface area contributed by atoms with Gasteiger partial charge in [-0.15, -0.1) is 0 Å².